The van der Waals surface area contributed by atoms with Gasteiger partial charge in [-0.25, -0.2) is 0 Å². The van der Waals surface area contributed by atoms with Crippen molar-refractivity contribution in [2.75, 3.05) is 19.1 Å². The maximum absolute atomic E-state index is 13.9. The molecule has 0 bridgehead atoms. The van der Waals surface area contributed by atoms with Gasteiger partial charge in [-0.2, -0.15) is 0 Å². The van der Waals surface area contributed by atoms with E-state index >= 15 is 0 Å². The van der Waals surface area contributed by atoms with E-state index in [1.807, 2.05) is 6.08 Å². The zero-order valence-corrected chi connectivity index (χ0v) is 25.5. The summed E-state index contributed by atoms with van der Waals surface area (Å²) in [6.07, 6.45) is 2.40. The van der Waals surface area contributed by atoms with Crippen LogP contribution in [0.5, 0.6) is 17.2 Å². The maximum Gasteiger partial charge on any atom is 0.254 e. The van der Waals surface area contributed by atoms with Gasteiger partial charge in [-0.15, -0.1) is 23.2 Å². The van der Waals surface area contributed by atoms with Crippen LogP contribution in [0.3, 0.4) is 0 Å². The van der Waals surface area contributed by atoms with Crippen molar-refractivity contribution >= 4 is 62.8 Å². The summed E-state index contributed by atoms with van der Waals surface area (Å²) in [4.78, 5) is 53.4. The second-order valence-electron chi connectivity index (χ2n) is 11.2. The van der Waals surface area contributed by atoms with Crippen LogP contribution in [-0.4, -0.2) is 72.5 Å². The topological polar surface area (TPSA) is 124 Å². The van der Waals surface area contributed by atoms with Gasteiger partial charge in [-0.3, -0.25) is 29.0 Å². The molecule has 6 unspecified atom stereocenters. The highest BCUT2D eigenvalue weighted by atomic mass is 79.9. The SMILES string of the molecule is COc1ccc(C2C3=CCC4C(=O)N(CCc5ccc(O)cc5)C(=O)C4C3CC3(Cl)C(=O)N(CBr)C(=O)C23Cl)cc1O. The van der Waals surface area contributed by atoms with Crippen LogP contribution in [-0.2, 0) is 25.6 Å². The number of rotatable bonds is 6. The van der Waals surface area contributed by atoms with Crippen molar-refractivity contribution in [1.82, 2.24) is 9.80 Å². The molecule has 2 heterocycles. The number of allylic oxidation sites excluding steroid dienone is 2. The minimum absolute atomic E-state index is 0.109. The molecule has 2 N–H and O–H groups in total. The molecule has 12 heteroatoms. The van der Waals surface area contributed by atoms with Gasteiger partial charge < -0.3 is 14.9 Å². The van der Waals surface area contributed by atoms with E-state index < -0.39 is 45.2 Å². The molecule has 9 nitrogen and oxygen atoms in total. The summed E-state index contributed by atoms with van der Waals surface area (Å²) in [5, 5.41) is 20.2. The highest BCUT2D eigenvalue weighted by Crippen LogP contribution is 2.65. The Morgan fingerprint density at radius 1 is 0.976 bits per heavy atom. The van der Waals surface area contributed by atoms with E-state index in [0.717, 1.165) is 10.5 Å². The molecule has 0 aromatic heterocycles. The number of carbonyl (C=O) groups excluding carboxylic acids is 4. The molecule has 0 radical (unpaired) electrons. The Bertz CT molecular complexity index is 1550. The standard InChI is InChI=1S/C30H27BrCl2N2O7/c1-42-22-9-4-16(12-21(22)37)24-18-7-8-19-23(20(18)13-29(32)27(40)35(14-31)28(41)30(24,29)33)26(39)34(25(19)38)11-10-15-2-5-17(36)6-3-15/h2-7,9,12,19-20,23-24,36-37H,8,10-11,13-14H2,1H3. The molecule has 220 valence electrons. The number of hydrogen-bond acceptors (Lipinski definition) is 7. The van der Waals surface area contributed by atoms with Gasteiger partial charge in [-0.05, 0) is 60.6 Å². The summed E-state index contributed by atoms with van der Waals surface area (Å²) < 4.78 is 5.19. The van der Waals surface area contributed by atoms with Gasteiger partial charge in [0, 0.05) is 12.5 Å². The lowest BCUT2D eigenvalue weighted by molar-refractivity contribution is -0.141. The predicted molar refractivity (Wildman–Crippen MR) is 157 cm³/mol. The molecule has 4 aliphatic rings. The minimum Gasteiger partial charge on any atom is -0.508 e. The molecule has 0 spiro atoms. The number of phenols is 2. The number of aromatic hydroxyl groups is 2. The van der Waals surface area contributed by atoms with Gasteiger partial charge in [0.25, 0.3) is 11.8 Å². The van der Waals surface area contributed by atoms with Crippen LogP contribution in [0.1, 0.15) is 29.9 Å². The number of benzene rings is 2. The molecule has 6 atom stereocenters. The first-order valence-corrected chi connectivity index (χ1v) is 15.4. The third-order valence-electron chi connectivity index (χ3n) is 9.20. The number of phenolic OH excluding ortho intramolecular Hbond substituents is 2. The Hall–Kier alpha value is -3.08. The van der Waals surface area contributed by atoms with Gasteiger partial charge in [0.2, 0.25) is 11.8 Å². The van der Waals surface area contributed by atoms with E-state index in [-0.39, 0.29) is 53.9 Å². The second-order valence-corrected chi connectivity index (χ2v) is 12.9. The van der Waals surface area contributed by atoms with Crippen LogP contribution in [0.25, 0.3) is 0 Å². The van der Waals surface area contributed by atoms with Crippen LogP contribution in [0.4, 0.5) is 0 Å². The molecule has 2 aliphatic carbocycles. The molecule has 2 aromatic rings. The fraction of sp³-hybridized carbons (Fsp3) is 0.400. The number of amides is 4. The average Bonchev–Trinajstić information content (AvgIpc) is 3.30. The van der Waals surface area contributed by atoms with Crippen molar-refractivity contribution in [1.29, 1.82) is 0 Å². The summed E-state index contributed by atoms with van der Waals surface area (Å²) in [5.74, 6) is -4.90. The molecule has 4 amide bonds. The molecule has 2 saturated heterocycles. The van der Waals surface area contributed by atoms with E-state index in [2.05, 4.69) is 15.9 Å². The van der Waals surface area contributed by atoms with Crippen molar-refractivity contribution in [3.63, 3.8) is 0 Å². The largest absolute Gasteiger partial charge is 0.508 e. The zero-order chi connectivity index (χ0) is 30.1. The molecular formula is C30H27BrCl2N2O7. The van der Waals surface area contributed by atoms with Crippen LogP contribution in [0.2, 0.25) is 0 Å². The Morgan fingerprint density at radius 2 is 1.69 bits per heavy atom. The van der Waals surface area contributed by atoms with Crippen LogP contribution >= 0.6 is 39.1 Å². The lowest BCUT2D eigenvalue weighted by atomic mass is 9.56. The van der Waals surface area contributed by atoms with E-state index in [1.54, 1.807) is 30.3 Å². The lowest BCUT2D eigenvalue weighted by Crippen LogP contribution is -2.60. The maximum atomic E-state index is 13.9. The third-order valence-corrected chi connectivity index (χ3v) is 11.1. The number of hydrogen-bond donors (Lipinski definition) is 2. The Kier molecular flexibility index (Phi) is 7.10. The van der Waals surface area contributed by atoms with E-state index in [0.29, 0.717) is 17.6 Å². The fourth-order valence-corrected chi connectivity index (χ4v) is 8.63. The minimum atomic E-state index is -1.94. The number of methoxy groups -OCH3 is 1. The molecule has 2 aromatic carbocycles. The first-order chi connectivity index (χ1) is 20.0. The van der Waals surface area contributed by atoms with Gasteiger partial charge in [0.1, 0.15) is 5.75 Å². The third kappa shape index (κ3) is 3.94. The quantitative estimate of drug-likeness (QED) is 0.205. The average molecular weight is 678 g/mol. The molecule has 2 aliphatic heterocycles. The predicted octanol–water partition coefficient (Wildman–Crippen LogP) is 4.06. The Labute approximate surface area is 260 Å². The van der Waals surface area contributed by atoms with Crippen molar-refractivity contribution < 1.29 is 34.1 Å². The number of imide groups is 2. The Morgan fingerprint density at radius 3 is 2.33 bits per heavy atom. The second kappa shape index (κ2) is 10.3. The summed E-state index contributed by atoms with van der Waals surface area (Å²) in [6, 6.07) is 11.2. The van der Waals surface area contributed by atoms with Crippen molar-refractivity contribution in [2.45, 2.75) is 34.9 Å². The monoisotopic (exact) mass is 676 g/mol. The van der Waals surface area contributed by atoms with Crippen LogP contribution in [0.15, 0.2) is 54.1 Å². The smallest absolute Gasteiger partial charge is 0.254 e. The number of fused-ring (bicyclic) bond motifs is 4. The first kappa shape index (κ1) is 29.0. The normalized spacial score (nSPS) is 32.0. The number of halogens is 3. The molecule has 1 saturated carbocycles. The van der Waals surface area contributed by atoms with Crippen molar-refractivity contribution in [3.05, 3.63) is 65.2 Å². The van der Waals surface area contributed by atoms with E-state index in [1.165, 1.54) is 24.1 Å². The van der Waals surface area contributed by atoms with Crippen molar-refractivity contribution in [2.24, 2.45) is 17.8 Å². The highest BCUT2D eigenvalue weighted by Gasteiger charge is 2.76. The number of ether oxygens (including phenoxy) is 1. The number of alkyl halides is 3. The molecule has 42 heavy (non-hydrogen) atoms. The van der Waals surface area contributed by atoms with Gasteiger partial charge in [0.05, 0.1) is 24.4 Å². The van der Waals surface area contributed by atoms with E-state index in [4.69, 9.17) is 27.9 Å². The molecule has 6 rings (SSSR count). The lowest BCUT2D eigenvalue weighted by Gasteiger charge is -2.50. The van der Waals surface area contributed by atoms with Gasteiger partial charge in [0.15, 0.2) is 21.2 Å². The zero-order valence-electron chi connectivity index (χ0n) is 22.4. The summed E-state index contributed by atoms with van der Waals surface area (Å²) in [7, 11) is 1.41. The van der Waals surface area contributed by atoms with Crippen molar-refractivity contribution in [3.8, 4) is 17.2 Å². The fourth-order valence-electron chi connectivity index (χ4n) is 7.20. The Balaban J connectivity index is 1.42. The summed E-state index contributed by atoms with van der Waals surface area (Å²) in [5.41, 5.74) is 1.81. The number of nitrogens with zero attached hydrogens (tertiary/aromatic N) is 2. The van der Waals surface area contributed by atoms with Gasteiger partial charge in [-0.1, -0.05) is 45.8 Å². The highest BCUT2D eigenvalue weighted by molar-refractivity contribution is 9.09. The van der Waals surface area contributed by atoms with Crippen LogP contribution in [0, 0.1) is 17.8 Å². The van der Waals surface area contributed by atoms with Gasteiger partial charge >= 0.3 is 0 Å². The first-order valence-electron chi connectivity index (χ1n) is 13.5. The van der Waals surface area contributed by atoms with E-state index in [9.17, 15) is 29.4 Å². The molecule has 3 fully saturated rings. The van der Waals surface area contributed by atoms with Crippen LogP contribution < -0.4 is 4.74 Å². The number of likely N-dealkylation sites (tertiary alicyclic amines) is 2. The summed E-state index contributed by atoms with van der Waals surface area (Å²) in [6.45, 7) is 0.160. The number of carbonyl (C=O) groups is 4. The molecular weight excluding hydrogens is 651 g/mol. The summed E-state index contributed by atoms with van der Waals surface area (Å²) >= 11 is 17.6.